The Kier molecular flexibility index (Phi) is 38.1. The van der Waals surface area contributed by atoms with Crippen LogP contribution in [0.3, 0.4) is 0 Å². The molecule has 14 nitrogen and oxygen atoms in total. The molecule has 3 atom stereocenters. The predicted octanol–water partition coefficient (Wildman–Crippen LogP) is 10.6. The second-order valence-electron chi connectivity index (χ2n) is 15.0. The van der Waals surface area contributed by atoms with Crippen molar-refractivity contribution in [2.75, 3.05) is 26.4 Å². The molecule has 4 N–H and O–H groups in total. The summed E-state index contributed by atoms with van der Waals surface area (Å²) in [5, 5.41) is 9.75. The van der Waals surface area contributed by atoms with Crippen molar-refractivity contribution in [3.8, 4) is 0 Å². The van der Waals surface area contributed by atoms with E-state index in [9.17, 15) is 33.5 Å². The highest BCUT2D eigenvalue weighted by Gasteiger charge is 2.28. The topological polar surface area (TPSA) is 212 Å². The first-order valence-corrected chi connectivity index (χ1v) is 25.3. The van der Waals surface area contributed by atoms with Gasteiger partial charge in [-0.25, -0.2) is 9.13 Å². The fourth-order valence-corrected chi connectivity index (χ4v) is 6.87. The molecule has 1 unspecified atom stereocenters. The number of rotatable bonds is 42. The first kappa shape index (κ1) is 57.8. The lowest BCUT2D eigenvalue weighted by molar-refractivity contribution is -0.161. The van der Waals surface area contributed by atoms with Crippen molar-refractivity contribution in [2.45, 2.75) is 187 Å². The van der Waals surface area contributed by atoms with E-state index in [1.165, 1.54) is 19.3 Å². The zero-order valence-electron chi connectivity index (χ0n) is 36.5. The van der Waals surface area contributed by atoms with Gasteiger partial charge >= 0.3 is 27.6 Å². The molecular formula is C44H78O14P2. The molecule has 0 aliphatic heterocycles. The number of aliphatic hydroxyl groups is 1. The Balaban J connectivity index is 4.58. The fourth-order valence-electron chi connectivity index (χ4n) is 5.71. The zero-order chi connectivity index (χ0) is 44.6. The molecule has 0 aliphatic rings. The largest absolute Gasteiger partial charge is 0.472 e. The van der Waals surface area contributed by atoms with E-state index >= 15 is 0 Å². The molecule has 0 aromatic heterocycles. The molecular weight excluding hydrogens is 814 g/mol. The summed E-state index contributed by atoms with van der Waals surface area (Å²) in [6.45, 7) is 1.52. The second kappa shape index (κ2) is 39.6. The van der Waals surface area contributed by atoms with Gasteiger partial charge in [-0.05, 0) is 70.3 Å². The number of hydrogen-bond donors (Lipinski definition) is 4. The van der Waals surface area contributed by atoms with Crippen molar-refractivity contribution in [3.63, 3.8) is 0 Å². The van der Waals surface area contributed by atoms with Gasteiger partial charge in [0.15, 0.2) is 11.9 Å². The first-order chi connectivity index (χ1) is 28.8. The Morgan fingerprint density at radius 2 is 1.02 bits per heavy atom. The normalized spacial score (nSPS) is 14.4. The summed E-state index contributed by atoms with van der Waals surface area (Å²) in [5.74, 6) is -0.952. The predicted molar refractivity (Wildman–Crippen MR) is 235 cm³/mol. The van der Waals surface area contributed by atoms with E-state index in [4.69, 9.17) is 23.8 Å². The molecule has 16 heteroatoms. The van der Waals surface area contributed by atoms with Crippen LogP contribution in [0.1, 0.15) is 174 Å². The third-order valence-electron chi connectivity index (χ3n) is 9.16. The quantitative estimate of drug-likeness (QED) is 0.0112. The van der Waals surface area contributed by atoms with Gasteiger partial charge in [-0.3, -0.25) is 28.0 Å². The smallest absolute Gasteiger partial charge is 0.462 e. The van der Waals surface area contributed by atoms with Crippen LogP contribution in [0.25, 0.3) is 0 Å². The standard InChI is InChI=1S/C44H78O14P2/c1-3-5-7-8-9-10-11-12-13-14-15-16-17-20-24-27-31-35-44(48)58-42(39-57-60(52,53)56-37-41(46)36-55-59(49,50)51)38-54-43(47)34-30-26-23-21-18-19-22-25-29-33-40(45)32-28-6-4-2/h9-10,12-13,22,25,29,33,41-42,46H,3-8,11,14-21,23-24,26-28,30-32,34-39H2,1-2H3,(H,52,53)(H2,49,50,51)/b10-9-,13-12-,25-22-,33-29+/t41-,42+/m0/s1. The third-order valence-corrected chi connectivity index (χ3v) is 10.6. The molecule has 0 aromatic rings. The molecule has 0 radical (unpaired) electrons. The number of hydrogen-bond acceptors (Lipinski definition) is 11. The van der Waals surface area contributed by atoms with Gasteiger partial charge in [-0.2, -0.15) is 0 Å². The van der Waals surface area contributed by atoms with Crippen molar-refractivity contribution in [1.29, 1.82) is 0 Å². The van der Waals surface area contributed by atoms with Gasteiger partial charge in [0.05, 0.1) is 19.8 Å². The first-order valence-electron chi connectivity index (χ1n) is 22.3. The number of ether oxygens (including phenoxy) is 2. The van der Waals surface area contributed by atoms with E-state index in [0.29, 0.717) is 19.3 Å². The van der Waals surface area contributed by atoms with Crippen molar-refractivity contribution >= 4 is 33.4 Å². The summed E-state index contributed by atoms with van der Waals surface area (Å²) in [5.41, 5.74) is 0. The molecule has 0 heterocycles. The van der Waals surface area contributed by atoms with E-state index in [0.717, 1.165) is 109 Å². The molecule has 0 saturated carbocycles. The minimum Gasteiger partial charge on any atom is -0.462 e. The van der Waals surface area contributed by atoms with Crippen molar-refractivity contribution in [3.05, 3.63) is 48.6 Å². The van der Waals surface area contributed by atoms with Crippen LogP contribution in [0.5, 0.6) is 0 Å². The van der Waals surface area contributed by atoms with Gasteiger partial charge in [-0.1, -0.05) is 133 Å². The van der Waals surface area contributed by atoms with E-state index in [-0.39, 0.29) is 18.6 Å². The lowest BCUT2D eigenvalue weighted by Gasteiger charge is -2.20. The van der Waals surface area contributed by atoms with Gasteiger partial charge in [0.2, 0.25) is 0 Å². The number of carbonyl (C=O) groups is 3. The number of carbonyl (C=O) groups excluding carboxylic acids is 3. The number of phosphoric ester groups is 2. The maximum absolute atomic E-state index is 12.7. The summed E-state index contributed by atoms with van der Waals surface area (Å²) in [4.78, 5) is 64.5. The SMILES string of the molecule is CCCCC/C=C\C/C=C\CCCCCCCCCC(=O)O[C@H](COC(=O)CCCCCCC/C=C\C=C\C(=O)CCCCC)COP(=O)(O)OC[C@@H](O)COP(=O)(O)O. The lowest BCUT2D eigenvalue weighted by atomic mass is 10.1. The molecule has 0 fully saturated rings. The van der Waals surface area contributed by atoms with Gasteiger partial charge in [0.1, 0.15) is 12.7 Å². The summed E-state index contributed by atoms with van der Waals surface area (Å²) >= 11 is 0. The molecule has 0 aliphatic carbocycles. The Hall–Kier alpha value is -2.25. The van der Waals surface area contributed by atoms with E-state index in [2.05, 4.69) is 47.2 Å². The van der Waals surface area contributed by atoms with Crippen LogP contribution in [-0.2, 0) is 46.6 Å². The Morgan fingerprint density at radius 3 is 1.62 bits per heavy atom. The minimum atomic E-state index is -4.87. The monoisotopic (exact) mass is 892 g/mol. The highest BCUT2D eigenvalue weighted by molar-refractivity contribution is 7.47. The van der Waals surface area contributed by atoms with E-state index in [1.54, 1.807) is 12.2 Å². The molecule has 0 spiro atoms. The number of esters is 2. The molecule has 60 heavy (non-hydrogen) atoms. The van der Waals surface area contributed by atoms with Crippen LogP contribution in [0.15, 0.2) is 48.6 Å². The Labute approximate surface area is 360 Å². The van der Waals surface area contributed by atoms with Gasteiger partial charge in [-0.15, -0.1) is 0 Å². The van der Waals surface area contributed by atoms with E-state index < -0.39 is 66.2 Å². The average molecular weight is 893 g/mol. The molecule has 0 saturated heterocycles. The highest BCUT2D eigenvalue weighted by Crippen LogP contribution is 2.43. The van der Waals surface area contributed by atoms with Crippen molar-refractivity contribution in [2.24, 2.45) is 0 Å². The van der Waals surface area contributed by atoms with E-state index in [1.807, 2.05) is 12.2 Å². The molecule has 348 valence electrons. The fraction of sp³-hybridized carbons (Fsp3) is 0.750. The number of ketones is 1. The number of aliphatic hydroxyl groups excluding tert-OH is 1. The number of phosphoric acid groups is 2. The molecule has 0 amide bonds. The average Bonchev–Trinajstić information content (AvgIpc) is 3.20. The summed E-state index contributed by atoms with van der Waals surface area (Å²) in [6, 6.07) is 0. The number of allylic oxidation sites excluding steroid dienone is 8. The highest BCUT2D eigenvalue weighted by atomic mass is 31.2. The minimum absolute atomic E-state index is 0.104. The Morgan fingerprint density at radius 1 is 0.533 bits per heavy atom. The summed E-state index contributed by atoms with van der Waals surface area (Å²) < 4.78 is 47.7. The van der Waals surface area contributed by atoms with Crippen LogP contribution in [0.4, 0.5) is 0 Å². The molecule has 0 bridgehead atoms. The molecule has 0 rings (SSSR count). The second-order valence-corrected chi connectivity index (χ2v) is 17.7. The van der Waals surface area contributed by atoms with Crippen molar-refractivity contribution in [1.82, 2.24) is 0 Å². The van der Waals surface area contributed by atoms with Crippen LogP contribution in [-0.4, -0.2) is 76.1 Å². The van der Waals surface area contributed by atoms with Gasteiger partial charge in [0.25, 0.3) is 0 Å². The summed E-state index contributed by atoms with van der Waals surface area (Å²) in [6.07, 6.45) is 36.5. The zero-order valence-corrected chi connectivity index (χ0v) is 38.3. The van der Waals surface area contributed by atoms with Gasteiger partial charge < -0.3 is 29.3 Å². The molecule has 0 aromatic carbocycles. The van der Waals surface area contributed by atoms with Crippen molar-refractivity contribution < 1.29 is 66.3 Å². The lowest BCUT2D eigenvalue weighted by Crippen LogP contribution is -2.30. The Bertz CT molecular complexity index is 1310. The van der Waals surface area contributed by atoms with Crippen LogP contribution >= 0.6 is 15.6 Å². The van der Waals surface area contributed by atoms with Crippen LogP contribution < -0.4 is 0 Å². The van der Waals surface area contributed by atoms with Crippen LogP contribution in [0, 0.1) is 0 Å². The maximum atomic E-state index is 12.7. The number of unbranched alkanes of at least 4 members (excludes halogenated alkanes) is 17. The van der Waals surface area contributed by atoms with Crippen LogP contribution in [0.2, 0.25) is 0 Å². The summed E-state index contributed by atoms with van der Waals surface area (Å²) in [7, 11) is -9.70. The third kappa shape index (κ3) is 42.4. The maximum Gasteiger partial charge on any atom is 0.472 e. The van der Waals surface area contributed by atoms with Gasteiger partial charge in [0, 0.05) is 19.3 Å².